The molecule has 0 N–H and O–H groups in total. The predicted octanol–water partition coefficient (Wildman–Crippen LogP) is 3.15. The Bertz CT molecular complexity index is 271. The number of methoxy groups -OCH3 is 1. The number of hydrogen-bond acceptors (Lipinski definition) is 2. The molecule has 0 saturated heterocycles. The van der Waals surface area contributed by atoms with Gasteiger partial charge in [0.1, 0.15) is 0 Å². The first-order chi connectivity index (χ1) is 6.25. The van der Waals surface area contributed by atoms with Crippen molar-refractivity contribution in [2.24, 2.45) is 0 Å². The third-order valence-electron chi connectivity index (χ3n) is 1.28. The Kier molecular flexibility index (Phi) is 5.98. The van der Waals surface area contributed by atoms with Crippen LogP contribution in [0.25, 0.3) is 0 Å². The lowest BCUT2D eigenvalue weighted by Crippen LogP contribution is -2.01. The first-order valence-electron chi connectivity index (χ1n) is 4.08. The molecule has 2 nitrogen and oxygen atoms in total. The summed E-state index contributed by atoms with van der Waals surface area (Å²) < 4.78 is 4.49. The molecular formula is C10H13ClO2. The molecule has 1 rings (SSSR count). The molecule has 3 heteroatoms. The van der Waals surface area contributed by atoms with Crippen molar-refractivity contribution in [1.82, 2.24) is 0 Å². The van der Waals surface area contributed by atoms with Crippen LogP contribution in [0.5, 0.6) is 0 Å². The van der Waals surface area contributed by atoms with Gasteiger partial charge in [-0.3, -0.25) is 0 Å². The summed E-state index contributed by atoms with van der Waals surface area (Å²) in [6, 6.07) is 6.76. The monoisotopic (exact) mass is 200 g/mol. The van der Waals surface area contributed by atoms with Crippen LogP contribution in [0.2, 0.25) is 5.02 Å². The predicted molar refractivity (Wildman–Crippen MR) is 54.1 cm³/mol. The second kappa shape index (κ2) is 6.49. The van der Waals surface area contributed by atoms with E-state index in [1.165, 1.54) is 7.11 Å². The van der Waals surface area contributed by atoms with Crippen molar-refractivity contribution in [3.8, 4) is 0 Å². The Balaban J connectivity index is 0.000000671. The second-order valence-corrected chi connectivity index (χ2v) is 2.38. The highest BCUT2D eigenvalue weighted by Crippen LogP contribution is 2.15. The molecule has 0 aliphatic heterocycles. The van der Waals surface area contributed by atoms with Gasteiger partial charge < -0.3 is 4.74 Å². The van der Waals surface area contributed by atoms with Crippen molar-refractivity contribution in [1.29, 1.82) is 0 Å². The first-order valence-corrected chi connectivity index (χ1v) is 4.46. The van der Waals surface area contributed by atoms with Gasteiger partial charge in [0.05, 0.1) is 17.7 Å². The topological polar surface area (TPSA) is 26.3 Å². The average Bonchev–Trinajstić information content (AvgIpc) is 2.20. The number of hydrogen-bond donors (Lipinski definition) is 0. The zero-order valence-corrected chi connectivity index (χ0v) is 8.76. The molecule has 0 bridgehead atoms. The van der Waals surface area contributed by atoms with Gasteiger partial charge in [-0.15, -0.1) is 0 Å². The Morgan fingerprint density at radius 3 is 2.31 bits per heavy atom. The Morgan fingerprint density at radius 2 is 1.85 bits per heavy atom. The second-order valence-electron chi connectivity index (χ2n) is 1.97. The molecule has 0 saturated carbocycles. The lowest BCUT2D eigenvalue weighted by molar-refractivity contribution is 0.0601. The van der Waals surface area contributed by atoms with E-state index in [1.54, 1.807) is 24.3 Å². The van der Waals surface area contributed by atoms with E-state index in [1.807, 2.05) is 13.8 Å². The molecule has 1 aromatic rings. The fourth-order valence-electron chi connectivity index (χ4n) is 0.737. The lowest BCUT2D eigenvalue weighted by atomic mass is 10.2. The van der Waals surface area contributed by atoms with E-state index in [2.05, 4.69) is 4.74 Å². The van der Waals surface area contributed by atoms with Crippen LogP contribution in [0, 0.1) is 0 Å². The van der Waals surface area contributed by atoms with Crippen molar-refractivity contribution in [3.63, 3.8) is 0 Å². The molecule has 72 valence electrons. The zero-order chi connectivity index (χ0) is 10.3. The summed E-state index contributed by atoms with van der Waals surface area (Å²) in [5.41, 5.74) is 0.400. The van der Waals surface area contributed by atoms with Crippen LogP contribution >= 0.6 is 11.6 Å². The van der Waals surface area contributed by atoms with Crippen LogP contribution < -0.4 is 0 Å². The van der Waals surface area contributed by atoms with Crippen molar-refractivity contribution in [3.05, 3.63) is 34.9 Å². The van der Waals surface area contributed by atoms with Crippen LogP contribution in [0.3, 0.4) is 0 Å². The standard InChI is InChI=1S/C8H7ClO2.C2H6/c1-11-8(10)6-4-2-3-5-7(6)9;1-2/h2-5H,1H3;1-2H3. The van der Waals surface area contributed by atoms with Gasteiger partial charge in [0.2, 0.25) is 0 Å². The van der Waals surface area contributed by atoms with Gasteiger partial charge in [-0.1, -0.05) is 37.6 Å². The maximum Gasteiger partial charge on any atom is 0.339 e. The van der Waals surface area contributed by atoms with Crippen LogP contribution in [-0.2, 0) is 4.74 Å². The molecule has 0 heterocycles. The van der Waals surface area contributed by atoms with E-state index in [4.69, 9.17) is 11.6 Å². The van der Waals surface area contributed by atoms with Gasteiger partial charge in [-0.2, -0.15) is 0 Å². The fourth-order valence-corrected chi connectivity index (χ4v) is 0.950. The molecule has 0 aromatic heterocycles. The van der Waals surface area contributed by atoms with Gasteiger partial charge in [0.25, 0.3) is 0 Å². The van der Waals surface area contributed by atoms with Crippen molar-refractivity contribution in [2.45, 2.75) is 13.8 Å². The minimum atomic E-state index is -0.407. The highest BCUT2D eigenvalue weighted by molar-refractivity contribution is 6.33. The molecule has 0 radical (unpaired) electrons. The van der Waals surface area contributed by atoms with Crippen LogP contribution in [0.4, 0.5) is 0 Å². The normalized spacial score (nSPS) is 8.31. The van der Waals surface area contributed by atoms with Crippen LogP contribution in [0.1, 0.15) is 24.2 Å². The van der Waals surface area contributed by atoms with Gasteiger partial charge in [0.15, 0.2) is 0 Å². The summed E-state index contributed by atoms with van der Waals surface area (Å²) in [6.07, 6.45) is 0. The van der Waals surface area contributed by atoms with Gasteiger partial charge >= 0.3 is 5.97 Å². The Labute approximate surface area is 83.5 Å². The maximum absolute atomic E-state index is 10.9. The molecule has 0 aliphatic carbocycles. The summed E-state index contributed by atoms with van der Waals surface area (Å²) in [5.74, 6) is -0.407. The van der Waals surface area contributed by atoms with E-state index in [0.29, 0.717) is 10.6 Å². The van der Waals surface area contributed by atoms with Crippen molar-refractivity contribution < 1.29 is 9.53 Å². The van der Waals surface area contributed by atoms with Gasteiger partial charge in [-0.05, 0) is 12.1 Å². The number of rotatable bonds is 1. The minimum Gasteiger partial charge on any atom is -0.465 e. The summed E-state index contributed by atoms with van der Waals surface area (Å²) in [4.78, 5) is 10.9. The Morgan fingerprint density at radius 1 is 1.31 bits per heavy atom. The highest BCUT2D eigenvalue weighted by Gasteiger charge is 2.07. The highest BCUT2D eigenvalue weighted by atomic mass is 35.5. The molecular weight excluding hydrogens is 188 g/mol. The van der Waals surface area contributed by atoms with E-state index in [0.717, 1.165) is 0 Å². The fraction of sp³-hybridized carbons (Fsp3) is 0.300. The largest absolute Gasteiger partial charge is 0.465 e. The maximum atomic E-state index is 10.9. The van der Waals surface area contributed by atoms with E-state index >= 15 is 0 Å². The summed E-state index contributed by atoms with van der Waals surface area (Å²) in [5, 5.41) is 0.416. The van der Waals surface area contributed by atoms with E-state index < -0.39 is 5.97 Å². The molecule has 0 fully saturated rings. The molecule has 0 amide bonds. The molecule has 0 unspecified atom stereocenters. The molecule has 0 atom stereocenters. The SMILES string of the molecule is CC.COC(=O)c1ccccc1Cl. The zero-order valence-electron chi connectivity index (χ0n) is 8.00. The summed E-state index contributed by atoms with van der Waals surface area (Å²) in [6.45, 7) is 4.00. The number of halogens is 1. The summed E-state index contributed by atoms with van der Waals surface area (Å²) >= 11 is 5.70. The third kappa shape index (κ3) is 3.47. The first kappa shape index (κ1) is 12.0. The van der Waals surface area contributed by atoms with Crippen LogP contribution in [0.15, 0.2) is 24.3 Å². The smallest absolute Gasteiger partial charge is 0.339 e. The molecule has 0 aliphatic rings. The lowest BCUT2D eigenvalue weighted by Gasteiger charge is -1.99. The van der Waals surface area contributed by atoms with Gasteiger partial charge in [-0.25, -0.2) is 4.79 Å². The number of carbonyl (C=O) groups is 1. The Hall–Kier alpha value is -1.02. The average molecular weight is 201 g/mol. The third-order valence-corrected chi connectivity index (χ3v) is 1.61. The molecule has 0 spiro atoms. The number of esters is 1. The van der Waals surface area contributed by atoms with Gasteiger partial charge in [0, 0.05) is 0 Å². The molecule has 13 heavy (non-hydrogen) atoms. The van der Waals surface area contributed by atoms with E-state index in [-0.39, 0.29) is 0 Å². The van der Waals surface area contributed by atoms with Crippen molar-refractivity contribution in [2.75, 3.05) is 7.11 Å². The quantitative estimate of drug-likeness (QED) is 0.651. The van der Waals surface area contributed by atoms with E-state index in [9.17, 15) is 4.79 Å². The number of ether oxygens (including phenoxy) is 1. The minimum absolute atomic E-state index is 0.400. The summed E-state index contributed by atoms with van der Waals surface area (Å²) in [7, 11) is 1.33. The van der Waals surface area contributed by atoms with Crippen molar-refractivity contribution >= 4 is 17.6 Å². The van der Waals surface area contributed by atoms with Crippen LogP contribution in [-0.4, -0.2) is 13.1 Å². The molecule has 1 aromatic carbocycles. The number of carbonyl (C=O) groups excluding carboxylic acids is 1. The number of benzene rings is 1.